The van der Waals surface area contributed by atoms with Crippen molar-refractivity contribution in [1.29, 1.82) is 0 Å². The second-order valence-electron chi connectivity index (χ2n) is 6.82. The SMILES string of the molecule is CCc1nnc(SCc2ccccc2)n1NC(=S)NC(=O)c1ccc2ccccc2c1. The minimum absolute atomic E-state index is 0.189. The molecule has 1 heterocycles. The highest BCUT2D eigenvalue weighted by atomic mass is 32.2. The summed E-state index contributed by atoms with van der Waals surface area (Å²) in [6.07, 6.45) is 0.674. The molecule has 0 spiro atoms. The van der Waals surface area contributed by atoms with Gasteiger partial charge < -0.3 is 0 Å². The fraction of sp³-hybridized carbons (Fsp3) is 0.130. The summed E-state index contributed by atoms with van der Waals surface area (Å²) in [4.78, 5) is 12.7. The molecule has 1 amide bonds. The average molecular weight is 448 g/mol. The van der Waals surface area contributed by atoms with Gasteiger partial charge >= 0.3 is 0 Å². The van der Waals surface area contributed by atoms with E-state index in [4.69, 9.17) is 12.2 Å². The van der Waals surface area contributed by atoms with Crippen LogP contribution in [0.1, 0.15) is 28.7 Å². The summed E-state index contributed by atoms with van der Waals surface area (Å²) < 4.78 is 1.73. The first-order valence-electron chi connectivity index (χ1n) is 9.86. The number of rotatable bonds is 6. The number of amides is 1. The van der Waals surface area contributed by atoms with Crippen molar-refractivity contribution in [3.05, 3.63) is 89.7 Å². The van der Waals surface area contributed by atoms with E-state index in [-0.39, 0.29) is 11.0 Å². The minimum atomic E-state index is -0.270. The van der Waals surface area contributed by atoms with E-state index in [0.29, 0.717) is 17.1 Å². The molecular weight excluding hydrogens is 426 g/mol. The lowest BCUT2D eigenvalue weighted by atomic mass is 10.1. The number of thioether (sulfide) groups is 1. The van der Waals surface area contributed by atoms with Crippen molar-refractivity contribution in [1.82, 2.24) is 20.2 Å². The predicted octanol–water partition coefficient (Wildman–Crippen LogP) is 4.54. The molecule has 0 saturated carbocycles. The van der Waals surface area contributed by atoms with E-state index in [9.17, 15) is 4.79 Å². The molecule has 1 aromatic heterocycles. The van der Waals surface area contributed by atoms with Gasteiger partial charge in [0.1, 0.15) is 0 Å². The third-order valence-corrected chi connectivity index (χ3v) is 5.87. The molecule has 0 unspecified atom stereocenters. The number of hydrogen-bond acceptors (Lipinski definition) is 5. The van der Waals surface area contributed by atoms with Crippen molar-refractivity contribution in [3.63, 3.8) is 0 Å². The maximum Gasteiger partial charge on any atom is 0.257 e. The summed E-state index contributed by atoms with van der Waals surface area (Å²) in [5, 5.41) is 14.2. The highest BCUT2D eigenvalue weighted by molar-refractivity contribution is 7.98. The first kappa shape index (κ1) is 21.0. The lowest BCUT2D eigenvalue weighted by Gasteiger charge is -2.14. The average Bonchev–Trinajstić information content (AvgIpc) is 3.19. The van der Waals surface area contributed by atoms with Gasteiger partial charge in [-0.05, 0) is 40.7 Å². The van der Waals surface area contributed by atoms with Crippen molar-refractivity contribution in [3.8, 4) is 0 Å². The standard InChI is InChI=1S/C23H21N5OS2/c1-2-20-25-26-23(31-15-16-8-4-3-5-9-16)28(20)27-22(30)24-21(29)19-13-12-17-10-6-7-11-18(17)14-19/h3-14H,2,15H2,1H3,(H2,24,27,29,30). The molecule has 0 aliphatic rings. The maximum absolute atomic E-state index is 12.7. The Morgan fingerprint density at radius 3 is 2.52 bits per heavy atom. The minimum Gasteiger partial charge on any atom is -0.298 e. The number of nitrogens with zero attached hydrogens (tertiary/aromatic N) is 3. The van der Waals surface area contributed by atoms with Crippen LogP contribution in [0.2, 0.25) is 0 Å². The van der Waals surface area contributed by atoms with Gasteiger partial charge in [0.05, 0.1) is 0 Å². The van der Waals surface area contributed by atoms with Crippen LogP contribution >= 0.6 is 24.0 Å². The molecule has 0 aliphatic heterocycles. The number of aryl methyl sites for hydroxylation is 1. The molecule has 0 atom stereocenters. The van der Waals surface area contributed by atoms with Crippen LogP contribution in [0.25, 0.3) is 10.8 Å². The Morgan fingerprint density at radius 1 is 1.00 bits per heavy atom. The van der Waals surface area contributed by atoms with E-state index in [0.717, 1.165) is 22.3 Å². The number of carbonyl (C=O) groups is 1. The quantitative estimate of drug-likeness (QED) is 0.334. The number of fused-ring (bicyclic) bond motifs is 1. The molecule has 156 valence electrons. The van der Waals surface area contributed by atoms with Crippen LogP contribution in [0.3, 0.4) is 0 Å². The molecule has 2 N–H and O–H groups in total. The van der Waals surface area contributed by atoms with Crippen LogP contribution in [0.5, 0.6) is 0 Å². The van der Waals surface area contributed by atoms with Gasteiger partial charge in [-0.3, -0.25) is 15.5 Å². The van der Waals surface area contributed by atoms with Gasteiger partial charge in [0.25, 0.3) is 5.91 Å². The molecule has 31 heavy (non-hydrogen) atoms. The molecule has 0 radical (unpaired) electrons. The van der Waals surface area contributed by atoms with Gasteiger partial charge in [0.15, 0.2) is 10.9 Å². The van der Waals surface area contributed by atoms with Gasteiger partial charge in [-0.25, -0.2) is 4.68 Å². The van der Waals surface area contributed by atoms with E-state index >= 15 is 0 Å². The van der Waals surface area contributed by atoms with Gasteiger partial charge in [-0.2, -0.15) is 0 Å². The normalized spacial score (nSPS) is 10.7. The van der Waals surface area contributed by atoms with E-state index in [1.807, 2.05) is 61.5 Å². The monoisotopic (exact) mass is 447 g/mol. The molecule has 0 fully saturated rings. The molecule has 4 aromatic rings. The maximum atomic E-state index is 12.7. The van der Waals surface area contributed by atoms with Crippen molar-refractivity contribution in [2.45, 2.75) is 24.3 Å². The lowest BCUT2D eigenvalue weighted by Crippen LogP contribution is -2.38. The van der Waals surface area contributed by atoms with Gasteiger partial charge in [-0.15, -0.1) is 10.2 Å². The smallest absolute Gasteiger partial charge is 0.257 e. The number of benzene rings is 3. The topological polar surface area (TPSA) is 71.8 Å². The summed E-state index contributed by atoms with van der Waals surface area (Å²) in [5.74, 6) is 1.21. The van der Waals surface area contributed by atoms with Gasteiger partial charge in [0, 0.05) is 17.7 Å². The molecular formula is C23H21N5OS2. The summed E-state index contributed by atoms with van der Waals surface area (Å²) in [6.45, 7) is 1.99. The zero-order chi connectivity index (χ0) is 21.6. The van der Waals surface area contributed by atoms with E-state index < -0.39 is 0 Å². The Balaban J connectivity index is 1.44. The lowest BCUT2D eigenvalue weighted by molar-refractivity contribution is 0.0977. The summed E-state index contributed by atoms with van der Waals surface area (Å²) >= 11 is 6.94. The second-order valence-corrected chi connectivity index (χ2v) is 8.17. The third-order valence-electron chi connectivity index (χ3n) is 4.68. The third kappa shape index (κ3) is 5.10. The number of aromatic nitrogens is 3. The predicted molar refractivity (Wildman–Crippen MR) is 129 cm³/mol. The molecule has 6 nitrogen and oxygen atoms in total. The Bertz CT molecular complexity index is 1220. The van der Waals surface area contributed by atoms with E-state index in [1.165, 1.54) is 5.56 Å². The second kappa shape index (κ2) is 9.72. The van der Waals surface area contributed by atoms with Crippen molar-refractivity contribution >= 4 is 45.8 Å². The fourth-order valence-corrected chi connectivity index (χ4v) is 4.14. The largest absolute Gasteiger partial charge is 0.298 e. The first-order valence-corrected chi connectivity index (χ1v) is 11.3. The van der Waals surface area contributed by atoms with Crippen molar-refractivity contribution in [2.24, 2.45) is 0 Å². The van der Waals surface area contributed by atoms with Gasteiger partial charge in [-0.1, -0.05) is 79.3 Å². The fourth-order valence-electron chi connectivity index (χ4n) is 3.09. The van der Waals surface area contributed by atoms with Crippen LogP contribution in [0, 0.1) is 0 Å². The molecule has 0 bridgehead atoms. The highest BCUT2D eigenvalue weighted by Crippen LogP contribution is 2.21. The first-order chi connectivity index (χ1) is 15.1. The Morgan fingerprint density at radius 2 is 1.74 bits per heavy atom. The molecule has 4 rings (SSSR count). The van der Waals surface area contributed by atoms with Crippen LogP contribution in [0.4, 0.5) is 0 Å². The van der Waals surface area contributed by atoms with Crippen LogP contribution < -0.4 is 10.7 Å². The number of nitrogens with one attached hydrogen (secondary N) is 2. The molecule has 3 aromatic carbocycles. The number of thiocarbonyl (C=S) groups is 1. The summed E-state index contributed by atoms with van der Waals surface area (Å²) in [6, 6.07) is 23.6. The Labute approximate surface area is 190 Å². The Hall–Kier alpha value is -3.23. The van der Waals surface area contributed by atoms with Crippen LogP contribution in [-0.4, -0.2) is 25.9 Å². The van der Waals surface area contributed by atoms with Crippen molar-refractivity contribution in [2.75, 3.05) is 5.43 Å². The van der Waals surface area contributed by atoms with Crippen LogP contribution in [0.15, 0.2) is 78.0 Å². The number of hydrogen-bond donors (Lipinski definition) is 2. The summed E-state index contributed by atoms with van der Waals surface area (Å²) in [7, 11) is 0. The zero-order valence-electron chi connectivity index (χ0n) is 16.9. The zero-order valence-corrected chi connectivity index (χ0v) is 18.5. The van der Waals surface area contributed by atoms with Crippen molar-refractivity contribution < 1.29 is 4.79 Å². The summed E-state index contributed by atoms with van der Waals surface area (Å²) in [5.41, 5.74) is 4.78. The van der Waals surface area contributed by atoms with Crippen LogP contribution in [-0.2, 0) is 12.2 Å². The Kier molecular flexibility index (Phi) is 6.59. The van der Waals surface area contributed by atoms with E-state index in [2.05, 4.69) is 33.1 Å². The van der Waals surface area contributed by atoms with E-state index in [1.54, 1.807) is 22.5 Å². The molecule has 0 saturated heterocycles. The van der Waals surface area contributed by atoms with Gasteiger partial charge in [0.2, 0.25) is 5.16 Å². The number of carbonyl (C=O) groups excluding carboxylic acids is 1. The molecule has 8 heteroatoms. The highest BCUT2D eigenvalue weighted by Gasteiger charge is 2.15. The molecule has 0 aliphatic carbocycles.